The maximum absolute atomic E-state index is 12.6. The molecule has 0 bridgehead atoms. The Bertz CT molecular complexity index is 824. The SMILES string of the molecule is Cc1ccnc(N2CCC(C(=O)NCCC3CCN(Cc4ccccc4)CC3)CC2)c1. The van der Waals surface area contributed by atoms with Gasteiger partial charge in [0.1, 0.15) is 5.82 Å². The first kappa shape index (κ1) is 21.8. The Morgan fingerprint density at radius 3 is 2.48 bits per heavy atom. The molecule has 2 aliphatic heterocycles. The summed E-state index contributed by atoms with van der Waals surface area (Å²) in [5, 5.41) is 3.23. The van der Waals surface area contributed by atoms with Gasteiger partial charge < -0.3 is 10.2 Å². The normalized spacial score (nSPS) is 18.8. The second-order valence-corrected chi connectivity index (χ2v) is 9.24. The maximum Gasteiger partial charge on any atom is 0.223 e. The Hall–Kier alpha value is -2.40. The highest BCUT2D eigenvalue weighted by Crippen LogP contribution is 2.24. The molecule has 5 heteroatoms. The van der Waals surface area contributed by atoms with Gasteiger partial charge in [0.25, 0.3) is 0 Å². The molecule has 2 aromatic rings. The molecule has 0 atom stereocenters. The summed E-state index contributed by atoms with van der Waals surface area (Å²) >= 11 is 0. The van der Waals surface area contributed by atoms with Crippen LogP contribution in [0.4, 0.5) is 5.82 Å². The Labute approximate surface area is 186 Å². The summed E-state index contributed by atoms with van der Waals surface area (Å²) in [6.07, 6.45) is 7.29. The van der Waals surface area contributed by atoms with Gasteiger partial charge in [-0.15, -0.1) is 0 Å². The maximum atomic E-state index is 12.6. The summed E-state index contributed by atoms with van der Waals surface area (Å²) in [6.45, 7) is 8.13. The number of piperidine rings is 2. The lowest BCUT2D eigenvalue weighted by Crippen LogP contribution is -2.41. The number of likely N-dealkylation sites (tertiary alicyclic amines) is 1. The number of carbonyl (C=O) groups excluding carboxylic acids is 1. The summed E-state index contributed by atoms with van der Waals surface area (Å²) in [4.78, 5) is 22.0. The van der Waals surface area contributed by atoms with Crippen LogP contribution in [0, 0.1) is 18.8 Å². The van der Waals surface area contributed by atoms with Crippen molar-refractivity contribution >= 4 is 11.7 Å². The second-order valence-electron chi connectivity index (χ2n) is 9.24. The third kappa shape index (κ3) is 6.30. The number of nitrogens with zero attached hydrogens (tertiary/aromatic N) is 3. The van der Waals surface area contributed by atoms with Crippen LogP contribution in [0.2, 0.25) is 0 Å². The third-order valence-corrected chi connectivity index (χ3v) is 6.90. The molecule has 4 rings (SSSR count). The summed E-state index contributed by atoms with van der Waals surface area (Å²) in [7, 11) is 0. The molecule has 0 radical (unpaired) electrons. The van der Waals surface area contributed by atoms with Crippen molar-refractivity contribution in [3.05, 3.63) is 59.8 Å². The predicted molar refractivity (Wildman–Crippen MR) is 126 cm³/mol. The molecule has 1 aromatic heterocycles. The molecule has 1 N–H and O–H groups in total. The summed E-state index contributed by atoms with van der Waals surface area (Å²) < 4.78 is 0. The molecule has 0 aliphatic carbocycles. The van der Waals surface area contributed by atoms with E-state index in [1.807, 2.05) is 12.3 Å². The Kier molecular flexibility index (Phi) is 7.57. The van der Waals surface area contributed by atoms with E-state index in [1.54, 1.807) is 0 Å². The van der Waals surface area contributed by atoms with Crippen LogP contribution in [0.15, 0.2) is 48.7 Å². The van der Waals surface area contributed by atoms with Crippen LogP contribution < -0.4 is 10.2 Å². The molecule has 31 heavy (non-hydrogen) atoms. The average Bonchev–Trinajstić information content (AvgIpc) is 2.81. The number of hydrogen-bond acceptors (Lipinski definition) is 4. The molecule has 2 fully saturated rings. The predicted octanol–water partition coefficient (Wildman–Crippen LogP) is 4.02. The molecule has 1 amide bonds. The van der Waals surface area contributed by atoms with Crippen LogP contribution >= 0.6 is 0 Å². The quantitative estimate of drug-likeness (QED) is 0.735. The smallest absolute Gasteiger partial charge is 0.223 e. The lowest BCUT2D eigenvalue weighted by Gasteiger charge is -2.33. The zero-order valence-corrected chi connectivity index (χ0v) is 18.8. The van der Waals surface area contributed by atoms with Gasteiger partial charge in [-0.05, 0) is 81.3 Å². The number of anilines is 1. The lowest BCUT2D eigenvalue weighted by molar-refractivity contribution is -0.125. The number of carbonyl (C=O) groups is 1. The van der Waals surface area contributed by atoms with Gasteiger partial charge in [0, 0.05) is 38.3 Å². The minimum atomic E-state index is 0.147. The first-order valence-electron chi connectivity index (χ1n) is 11.9. The number of amides is 1. The van der Waals surface area contributed by atoms with E-state index >= 15 is 0 Å². The van der Waals surface area contributed by atoms with Crippen molar-refractivity contribution in [1.82, 2.24) is 15.2 Å². The summed E-state index contributed by atoms with van der Waals surface area (Å²) in [5.74, 6) is 2.17. The van der Waals surface area contributed by atoms with Gasteiger partial charge in [-0.3, -0.25) is 9.69 Å². The van der Waals surface area contributed by atoms with Gasteiger partial charge in [0.05, 0.1) is 0 Å². The molecule has 2 saturated heterocycles. The van der Waals surface area contributed by atoms with Crippen molar-refractivity contribution in [1.29, 1.82) is 0 Å². The van der Waals surface area contributed by atoms with Crippen molar-refractivity contribution in [2.75, 3.05) is 37.6 Å². The van der Waals surface area contributed by atoms with Crippen LogP contribution in [0.3, 0.4) is 0 Å². The monoisotopic (exact) mass is 420 g/mol. The first-order valence-corrected chi connectivity index (χ1v) is 11.9. The van der Waals surface area contributed by atoms with Gasteiger partial charge in [0.2, 0.25) is 5.91 Å². The van der Waals surface area contributed by atoms with E-state index in [-0.39, 0.29) is 11.8 Å². The Morgan fingerprint density at radius 1 is 1.03 bits per heavy atom. The fourth-order valence-electron chi connectivity index (χ4n) is 4.88. The van der Waals surface area contributed by atoms with E-state index in [9.17, 15) is 4.79 Å². The average molecular weight is 421 g/mol. The number of aromatic nitrogens is 1. The Morgan fingerprint density at radius 2 is 1.77 bits per heavy atom. The van der Waals surface area contributed by atoms with Crippen LogP contribution in [0.5, 0.6) is 0 Å². The topological polar surface area (TPSA) is 48.5 Å². The number of hydrogen-bond donors (Lipinski definition) is 1. The molecule has 5 nitrogen and oxygen atoms in total. The number of pyridine rings is 1. The number of nitrogens with one attached hydrogen (secondary N) is 1. The van der Waals surface area contributed by atoms with Crippen molar-refractivity contribution in [3.63, 3.8) is 0 Å². The van der Waals surface area contributed by atoms with E-state index < -0.39 is 0 Å². The van der Waals surface area contributed by atoms with Crippen molar-refractivity contribution < 1.29 is 4.79 Å². The van der Waals surface area contributed by atoms with Crippen LogP contribution in [0.1, 0.15) is 43.2 Å². The van der Waals surface area contributed by atoms with Crippen LogP contribution in [-0.2, 0) is 11.3 Å². The molecular formula is C26H36N4O. The van der Waals surface area contributed by atoms with Crippen LogP contribution in [-0.4, -0.2) is 48.5 Å². The summed E-state index contributed by atoms with van der Waals surface area (Å²) in [5.41, 5.74) is 2.63. The number of rotatable bonds is 7. The first-order chi connectivity index (χ1) is 15.2. The van der Waals surface area contributed by atoms with E-state index in [0.29, 0.717) is 0 Å². The zero-order chi connectivity index (χ0) is 21.5. The van der Waals surface area contributed by atoms with E-state index in [2.05, 4.69) is 63.4 Å². The van der Waals surface area contributed by atoms with E-state index in [4.69, 9.17) is 0 Å². The molecule has 3 heterocycles. The summed E-state index contributed by atoms with van der Waals surface area (Å²) in [6, 6.07) is 14.9. The molecule has 0 unspecified atom stereocenters. The number of aryl methyl sites for hydroxylation is 1. The van der Waals surface area contributed by atoms with Gasteiger partial charge in [-0.1, -0.05) is 30.3 Å². The molecule has 0 saturated carbocycles. The second kappa shape index (κ2) is 10.8. The standard InChI is InChI=1S/C26H36N4O/c1-21-7-13-27-25(19-21)30-17-11-24(12-18-30)26(31)28-14-8-22-9-15-29(16-10-22)20-23-5-3-2-4-6-23/h2-7,13,19,22,24H,8-12,14-18,20H2,1H3,(H,28,31). The highest BCUT2D eigenvalue weighted by molar-refractivity contribution is 5.78. The fourth-order valence-corrected chi connectivity index (χ4v) is 4.88. The largest absolute Gasteiger partial charge is 0.357 e. The highest BCUT2D eigenvalue weighted by atomic mass is 16.1. The minimum absolute atomic E-state index is 0.147. The van der Waals surface area contributed by atoms with Crippen LogP contribution in [0.25, 0.3) is 0 Å². The fraction of sp³-hybridized carbons (Fsp3) is 0.538. The van der Waals surface area contributed by atoms with Gasteiger partial charge in [0.15, 0.2) is 0 Å². The molecule has 1 aromatic carbocycles. The van der Waals surface area contributed by atoms with E-state index in [0.717, 1.165) is 57.2 Å². The highest BCUT2D eigenvalue weighted by Gasteiger charge is 2.26. The molecule has 2 aliphatic rings. The van der Waals surface area contributed by atoms with Gasteiger partial charge >= 0.3 is 0 Å². The van der Waals surface area contributed by atoms with Crippen molar-refractivity contribution in [2.45, 2.75) is 45.6 Å². The van der Waals surface area contributed by atoms with Gasteiger partial charge in [-0.2, -0.15) is 0 Å². The van der Waals surface area contributed by atoms with Gasteiger partial charge in [-0.25, -0.2) is 4.98 Å². The molecule has 166 valence electrons. The Balaban J connectivity index is 1.11. The molecule has 0 spiro atoms. The number of benzene rings is 1. The lowest BCUT2D eigenvalue weighted by atomic mass is 9.92. The van der Waals surface area contributed by atoms with Crippen molar-refractivity contribution in [2.24, 2.45) is 11.8 Å². The minimum Gasteiger partial charge on any atom is -0.357 e. The molecular weight excluding hydrogens is 384 g/mol. The zero-order valence-electron chi connectivity index (χ0n) is 18.8. The van der Waals surface area contributed by atoms with E-state index in [1.165, 1.54) is 37.1 Å². The van der Waals surface area contributed by atoms with Crippen molar-refractivity contribution in [3.8, 4) is 0 Å². The third-order valence-electron chi connectivity index (χ3n) is 6.90.